The van der Waals surface area contributed by atoms with E-state index in [0.29, 0.717) is 5.56 Å². The summed E-state index contributed by atoms with van der Waals surface area (Å²) in [6.45, 7) is 1.96. The van der Waals surface area contributed by atoms with E-state index in [9.17, 15) is 13.2 Å². The summed E-state index contributed by atoms with van der Waals surface area (Å²) in [6.07, 6.45) is -2.50. The number of benzene rings is 2. The van der Waals surface area contributed by atoms with Crippen LogP contribution in [-0.4, -0.2) is 4.98 Å². The van der Waals surface area contributed by atoms with Gasteiger partial charge in [0, 0.05) is 17.1 Å². The highest BCUT2D eigenvalue weighted by Crippen LogP contribution is 2.37. The van der Waals surface area contributed by atoms with E-state index in [-0.39, 0.29) is 5.56 Å². The van der Waals surface area contributed by atoms with E-state index in [1.165, 1.54) is 12.1 Å². The maximum atomic E-state index is 13.0. The number of halogens is 3. The van der Waals surface area contributed by atoms with Gasteiger partial charge in [-0.05, 0) is 35.7 Å². The summed E-state index contributed by atoms with van der Waals surface area (Å²) in [7, 11) is 0. The van der Waals surface area contributed by atoms with Crippen molar-refractivity contribution in [2.75, 3.05) is 0 Å². The van der Waals surface area contributed by atoms with E-state index in [2.05, 4.69) is 4.98 Å². The minimum absolute atomic E-state index is 0.203. The van der Waals surface area contributed by atoms with Crippen LogP contribution >= 0.6 is 0 Å². The Balaban J connectivity index is 2.21. The predicted molar refractivity (Wildman–Crippen MR) is 73.5 cm³/mol. The van der Waals surface area contributed by atoms with Crippen LogP contribution in [0, 0.1) is 6.92 Å². The van der Waals surface area contributed by atoms with Gasteiger partial charge in [-0.25, -0.2) is 0 Å². The number of nitrogens with one attached hydrogen (secondary N) is 1. The van der Waals surface area contributed by atoms with Crippen LogP contribution < -0.4 is 0 Å². The van der Waals surface area contributed by atoms with Crippen LogP contribution in [0.3, 0.4) is 0 Å². The predicted octanol–water partition coefficient (Wildman–Crippen LogP) is 5.16. The number of hydrogen-bond donors (Lipinski definition) is 1. The molecule has 0 amide bonds. The fraction of sp³-hybridized carbons (Fsp3) is 0.125. The monoisotopic (exact) mass is 275 g/mol. The second-order valence-electron chi connectivity index (χ2n) is 4.78. The third-order valence-corrected chi connectivity index (χ3v) is 3.43. The molecule has 1 N–H and O–H groups in total. The van der Waals surface area contributed by atoms with E-state index in [1.54, 1.807) is 18.2 Å². The van der Waals surface area contributed by atoms with Gasteiger partial charge in [0.25, 0.3) is 0 Å². The van der Waals surface area contributed by atoms with Gasteiger partial charge < -0.3 is 4.98 Å². The van der Waals surface area contributed by atoms with Gasteiger partial charge in [-0.1, -0.05) is 30.3 Å². The van der Waals surface area contributed by atoms with E-state index >= 15 is 0 Å². The van der Waals surface area contributed by atoms with Crippen LogP contribution in [0.5, 0.6) is 0 Å². The molecular weight excluding hydrogens is 263 g/mol. The van der Waals surface area contributed by atoms with Crippen molar-refractivity contribution in [3.8, 4) is 11.1 Å². The summed E-state index contributed by atoms with van der Waals surface area (Å²) in [5, 5.41) is 1.03. The Morgan fingerprint density at radius 1 is 1.00 bits per heavy atom. The van der Waals surface area contributed by atoms with Crippen LogP contribution in [0.1, 0.15) is 11.1 Å². The molecule has 0 atom stereocenters. The van der Waals surface area contributed by atoms with Crippen LogP contribution in [0.4, 0.5) is 13.2 Å². The lowest BCUT2D eigenvalue weighted by Gasteiger charge is -2.12. The summed E-state index contributed by atoms with van der Waals surface area (Å²) >= 11 is 0. The molecule has 2 aromatic carbocycles. The summed E-state index contributed by atoms with van der Waals surface area (Å²) in [5.41, 5.74) is 2.08. The minimum atomic E-state index is -4.35. The molecule has 0 saturated heterocycles. The van der Waals surface area contributed by atoms with E-state index in [4.69, 9.17) is 0 Å². The lowest BCUT2D eigenvalue weighted by molar-refractivity contribution is -0.137. The van der Waals surface area contributed by atoms with Crippen molar-refractivity contribution in [2.24, 2.45) is 0 Å². The van der Waals surface area contributed by atoms with Crippen molar-refractivity contribution in [1.29, 1.82) is 0 Å². The average molecular weight is 275 g/mol. The molecule has 1 aromatic heterocycles. The quantitative estimate of drug-likeness (QED) is 0.631. The second kappa shape index (κ2) is 4.40. The molecule has 0 spiro atoms. The van der Waals surface area contributed by atoms with Crippen molar-refractivity contribution >= 4 is 10.9 Å². The molecule has 4 heteroatoms. The van der Waals surface area contributed by atoms with Gasteiger partial charge >= 0.3 is 6.18 Å². The Hall–Kier alpha value is -2.23. The van der Waals surface area contributed by atoms with Gasteiger partial charge in [0.2, 0.25) is 0 Å². The highest BCUT2D eigenvalue weighted by Gasteiger charge is 2.33. The first-order valence-electron chi connectivity index (χ1n) is 6.21. The van der Waals surface area contributed by atoms with Crippen LogP contribution in [0.25, 0.3) is 22.0 Å². The average Bonchev–Trinajstić information content (AvgIpc) is 2.79. The first-order chi connectivity index (χ1) is 9.47. The largest absolute Gasteiger partial charge is 0.417 e. The molecule has 3 aromatic rings. The fourth-order valence-corrected chi connectivity index (χ4v) is 2.42. The molecule has 102 valence electrons. The molecule has 0 aliphatic heterocycles. The number of alkyl halides is 3. The van der Waals surface area contributed by atoms with Crippen LogP contribution in [-0.2, 0) is 6.18 Å². The molecule has 0 unspecified atom stereocenters. The van der Waals surface area contributed by atoms with Crippen LogP contribution in [0.2, 0.25) is 0 Å². The zero-order valence-electron chi connectivity index (χ0n) is 10.8. The van der Waals surface area contributed by atoms with Gasteiger partial charge in [-0.3, -0.25) is 0 Å². The maximum absolute atomic E-state index is 13.0. The fourth-order valence-electron chi connectivity index (χ4n) is 2.42. The lowest BCUT2D eigenvalue weighted by atomic mass is 9.98. The molecule has 0 fully saturated rings. The normalized spacial score (nSPS) is 12.0. The molecule has 0 aliphatic rings. The Morgan fingerprint density at radius 2 is 1.75 bits per heavy atom. The standard InChI is InChI=1S/C16H12F3N/c1-10-9-20-15-8-11(6-7-12(10)15)13-4-2-3-5-14(13)16(17,18)19/h2-9,20H,1H3. The smallest absolute Gasteiger partial charge is 0.361 e. The van der Waals surface area contributed by atoms with Gasteiger partial charge in [-0.2, -0.15) is 13.2 Å². The molecule has 0 aliphatic carbocycles. The third kappa shape index (κ3) is 2.07. The molecule has 0 saturated carbocycles. The van der Waals surface area contributed by atoms with Crippen molar-refractivity contribution < 1.29 is 13.2 Å². The van der Waals surface area contributed by atoms with E-state index in [0.717, 1.165) is 22.5 Å². The number of aryl methyl sites for hydroxylation is 1. The van der Waals surface area contributed by atoms with Crippen molar-refractivity contribution in [1.82, 2.24) is 4.98 Å². The number of aromatic nitrogens is 1. The van der Waals surface area contributed by atoms with Crippen molar-refractivity contribution in [3.63, 3.8) is 0 Å². The minimum Gasteiger partial charge on any atom is -0.361 e. The Morgan fingerprint density at radius 3 is 2.50 bits per heavy atom. The number of hydrogen-bond acceptors (Lipinski definition) is 0. The van der Waals surface area contributed by atoms with Crippen molar-refractivity contribution in [3.05, 3.63) is 59.8 Å². The highest BCUT2D eigenvalue weighted by molar-refractivity contribution is 5.88. The zero-order valence-corrected chi connectivity index (χ0v) is 10.8. The zero-order chi connectivity index (χ0) is 14.3. The summed E-state index contributed by atoms with van der Waals surface area (Å²) in [5.74, 6) is 0. The molecule has 1 heterocycles. The Labute approximate surface area is 114 Å². The lowest BCUT2D eigenvalue weighted by Crippen LogP contribution is -2.06. The molecule has 0 radical (unpaired) electrons. The topological polar surface area (TPSA) is 15.8 Å². The van der Waals surface area contributed by atoms with Gasteiger partial charge in [0.15, 0.2) is 0 Å². The number of rotatable bonds is 1. The van der Waals surface area contributed by atoms with E-state index < -0.39 is 11.7 Å². The Kier molecular flexibility index (Phi) is 2.82. The first kappa shape index (κ1) is 12.8. The van der Waals surface area contributed by atoms with Gasteiger partial charge in [0.1, 0.15) is 0 Å². The maximum Gasteiger partial charge on any atom is 0.417 e. The number of H-pyrrole nitrogens is 1. The Bertz CT molecular complexity index is 769. The highest BCUT2D eigenvalue weighted by atomic mass is 19.4. The molecule has 1 nitrogen and oxygen atoms in total. The number of aromatic amines is 1. The summed E-state index contributed by atoms with van der Waals surface area (Å²) in [4.78, 5) is 3.07. The molecule has 3 rings (SSSR count). The van der Waals surface area contributed by atoms with E-state index in [1.807, 2.05) is 19.2 Å². The SMILES string of the molecule is Cc1c[nH]c2cc(-c3ccccc3C(F)(F)F)ccc12. The van der Waals surface area contributed by atoms with Crippen LogP contribution in [0.15, 0.2) is 48.7 Å². The number of fused-ring (bicyclic) bond motifs is 1. The van der Waals surface area contributed by atoms with Crippen molar-refractivity contribution in [2.45, 2.75) is 13.1 Å². The third-order valence-electron chi connectivity index (χ3n) is 3.43. The van der Waals surface area contributed by atoms with Gasteiger partial charge in [0.05, 0.1) is 5.56 Å². The second-order valence-corrected chi connectivity index (χ2v) is 4.78. The van der Waals surface area contributed by atoms with Gasteiger partial charge in [-0.15, -0.1) is 0 Å². The first-order valence-corrected chi connectivity index (χ1v) is 6.21. The summed E-state index contributed by atoms with van der Waals surface area (Å²) in [6, 6.07) is 11.0. The summed E-state index contributed by atoms with van der Waals surface area (Å²) < 4.78 is 39.1. The molecular formula is C16H12F3N. The molecule has 20 heavy (non-hydrogen) atoms. The molecule has 0 bridgehead atoms.